The molecule has 0 amide bonds. The first-order valence-corrected chi connectivity index (χ1v) is 14.9. The van der Waals surface area contributed by atoms with E-state index in [1.165, 1.54) is 6.07 Å². The normalized spacial score (nSPS) is 11.9. The molecule has 0 aliphatic carbocycles. The van der Waals surface area contributed by atoms with Gasteiger partial charge in [-0.15, -0.1) is 0 Å². The number of hydrogen-bond acceptors (Lipinski definition) is 0. The van der Waals surface area contributed by atoms with Gasteiger partial charge in [0.2, 0.25) is 0 Å². The zero-order valence-corrected chi connectivity index (χ0v) is 12.3. The van der Waals surface area contributed by atoms with Crippen molar-refractivity contribution in [1.82, 2.24) is 0 Å². The molecule has 0 aliphatic rings. The van der Waals surface area contributed by atoms with E-state index in [9.17, 15) is 13.2 Å². The molecule has 0 unspecified atom stereocenters. The summed E-state index contributed by atoms with van der Waals surface area (Å²) in [4.78, 5) is 6.36. The van der Waals surface area contributed by atoms with Crippen molar-refractivity contribution < 1.29 is 13.2 Å². The molecule has 1 aromatic rings. The molecular weight excluding hydrogens is 320 g/mol. The molecule has 1 rings (SSSR count). The van der Waals surface area contributed by atoms with Gasteiger partial charge in [-0.3, -0.25) is 0 Å². The Morgan fingerprint density at radius 1 is 1.12 bits per heavy atom. The Morgan fingerprint density at radius 3 is 2.25 bits per heavy atom. The molecule has 0 spiro atoms. The van der Waals surface area contributed by atoms with Crippen molar-refractivity contribution in [2.45, 2.75) is 21.0 Å². The summed E-state index contributed by atoms with van der Waals surface area (Å²) in [6, 6.07) is 5.17. The third-order valence-corrected chi connectivity index (χ3v) is 4.27. The van der Waals surface area contributed by atoms with Gasteiger partial charge in [-0.1, -0.05) is 0 Å². The van der Waals surface area contributed by atoms with E-state index >= 15 is 0 Å². The van der Waals surface area contributed by atoms with Crippen LogP contribution in [0.25, 0.3) is 0 Å². The second kappa shape index (κ2) is 4.70. The van der Waals surface area contributed by atoms with E-state index in [2.05, 4.69) is 24.7 Å². The van der Waals surface area contributed by atoms with Crippen LogP contribution in [0.3, 0.4) is 0 Å². The van der Waals surface area contributed by atoms with E-state index in [0.29, 0.717) is 5.56 Å². The van der Waals surface area contributed by atoms with E-state index in [1.807, 2.05) is 0 Å². The maximum atomic E-state index is 12.4. The van der Waals surface area contributed by atoms with Crippen LogP contribution in [0, 0.1) is 9.86 Å². The molecular formula is C12H13F3Sn. The number of alkyl halides is 3. The summed E-state index contributed by atoms with van der Waals surface area (Å²) in [5.74, 6) is 2.84. The first-order valence-electron chi connectivity index (χ1n) is 4.89. The van der Waals surface area contributed by atoms with E-state index in [4.69, 9.17) is 0 Å². The monoisotopic (exact) mass is 334 g/mol. The van der Waals surface area contributed by atoms with Gasteiger partial charge in [-0.25, -0.2) is 0 Å². The molecule has 0 saturated carbocycles. The van der Waals surface area contributed by atoms with Gasteiger partial charge in [0.1, 0.15) is 0 Å². The molecule has 0 atom stereocenters. The maximum absolute atomic E-state index is 12.4. The summed E-state index contributed by atoms with van der Waals surface area (Å²) >= 11 is -2.23. The third kappa shape index (κ3) is 4.48. The van der Waals surface area contributed by atoms with Crippen LogP contribution in [0.2, 0.25) is 14.8 Å². The SMILES string of the molecule is [CH3][Sn]([CH3])([CH3])[C]#Cc1cccc(C(F)(F)F)c1. The molecule has 86 valence electrons. The van der Waals surface area contributed by atoms with Gasteiger partial charge < -0.3 is 0 Å². The first-order chi connectivity index (χ1) is 7.18. The molecule has 0 saturated heterocycles. The van der Waals surface area contributed by atoms with Crippen LogP contribution >= 0.6 is 0 Å². The molecule has 0 aromatic heterocycles. The van der Waals surface area contributed by atoms with Crippen molar-refractivity contribution in [3.8, 4) is 9.86 Å². The fraction of sp³-hybridized carbons (Fsp3) is 0.333. The van der Waals surface area contributed by atoms with Gasteiger partial charge in [0, 0.05) is 0 Å². The van der Waals surface area contributed by atoms with Gasteiger partial charge in [0.25, 0.3) is 0 Å². The Bertz CT molecular complexity index is 430. The molecule has 0 aliphatic heterocycles. The van der Waals surface area contributed by atoms with Gasteiger partial charge in [-0.2, -0.15) is 0 Å². The van der Waals surface area contributed by atoms with Crippen molar-refractivity contribution in [1.29, 1.82) is 0 Å². The van der Waals surface area contributed by atoms with E-state index < -0.39 is 30.1 Å². The molecule has 16 heavy (non-hydrogen) atoms. The Morgan fingerprint density at radius 2 is 1.75 bits per heavy atom. The number of hydrogen-bond donors (Lipinski definition) is 0. The van der Waals surface area contributed by atoms with Crippen LogP contribution in [0.1, 0.15) is 11.1 Å². The summed E-state index contributed by atoms with van der Waals surface area (Å²) < 4.78 is 40.3. The summed E-state index contributed by atoms with van der Waals surface area (Å²) in [6.45, 7) is 0. The summed E-state index contributed by atoms with van der Waals surface area (Å²) in [6.07, 6.45) is -4.29. The quantitative estimate of drug-likeness (QED) is 0.499. The number of benzene rings is 1. The second-order valence-corrected chi connectivity index (χ2v) is 18.1. The van der Waals surface area contributed by atoms with Crippen LogP contribution in [-0.2, 0) is 6.18 Å². The molecule has 0 nitrogen and oxygen atoms in total. The predicted molar refractivity (Wildman–Crippen MR) is 61.7 cm³/mol. The zero-order chi connectivity index (χ0) is 12.4. The van der Waals surface area contributed by atoms with Crippen LogP contribution in [0.5, 0.6) is 0 Å². The van der Waals surface area contributed by atoms with Gasteiger partial charge in [-0.05, 0) is 0 Å². The van der Waals surface area contributed by atoms with Crippen LogP contribution in [0.15, 0.2) is 24.3 Å². The third-order valence-electron chi connectivity index (χ3n) is 1.77. The van der Waals surface area contributed by atoms with Crippen molar-refractivity contribution in [2.24, 2.45) is 0 Å². The van der Waals surface area contributed by atoms with E-state index in [-0.39, 0.29) is 0 Å². The summed E-state index contributed by atoms with van der Waals surface area (Å²) in [5, 5.41) is 0. The minimum absolute atomic E-state index is 0.446. The Hall–Kier alpha value is -0.631. The predicted octanol–water partition coefficient (Wildman–Crippen LogP) is 3.93. The molecule has 0 bridgehead atoms. The average Bonchev–Trinajstić information content (AvgIpc) is 2.13. The molecule has 0 heterocycles. The number of rotatable bonds is 0. The molecule has 0 radical (unpaired) electrons. The molecule has 0 N–H and O–H groups in total. The van der Waals surface area contributed by atoms with Gasteiger partial charge >= 0.3 is 97.8 Å². The molecule has 1 aromatic carbocycles. The Kier molecular flexibility index (Phi) is 3.95. The van der Waals surface area contributed by atoms with Gasteiger partial charge in [0.05, 0.1) is 0 Å². The topological polar surface area (TPSA) is 0 Å². The van der Waals surface area contributed by atoms with Crippen molar-refractivity contribution in [2.75, 3.05) is 0 Å². The van der Waals surface area contributed by atoms with Crippen molar-refractivity contribution in [3.05, 3.63) is 35.4 Å². The standard InChI is InChI=1S/C9H4F3.3CH3.Sn/c1-2-7-4-3-5-8(6-7)9(10,11)12;;;;/h3-6H;3*1H3;. The van der Waals surface area contributed by atoms with E-state index in [0.717, 1.165) is 12.1 Å². The Labute approximate surface area is 97.7 Å². The Balaban J connectivity index is 3.04. The van der Waals surface area contributed by atoms with Crippen molar-refractivity contribution in [3.63, 3.8) is 0 Å². The van der Waals surface area contributed by atoms with Crippen molar-refractivity contribution >= 4 is 18.4 Å². The average molecular weight is 333 g/mol. The fourth-order valence-electron chi connectivity index (χ4n) is 1.03. The van der Waals surface area contributed by atoms with Gasteiger partial charge in [0.15, 0.2) is 0 Å². The summed E-state index contributed by atoms with van der Waals surface area (Å²) in [5.41, 5.74) is -0.190. The summed E-state index contributed by atoms with van der Waals surface area (Å²) in [7, 11) is 0. The molecule has 0 fully saturated rings. The second-order valence-electron chi connectivity index (χ2n) is 4.58. The first kappa shape index (κ1) is 13.4. The fourth-order valence-corrected chi connectivity index (χ4v) is 2.52. The van der Waals surface area contributed by atoms with E-state index in [1.54, 1.807) is 6.07 Å². The van der Waals surface area contributed by atoms with Crippen LogP contribution < -0.4 is 0 Å². The molecule has 4 heteroatoms. The number of halogens is 3. The minimum atomic E-state index is -4.29. The van der Waals surface area contributed by atoms with Crippen LogP contribution in [0.4, 0.5) is 13.2 Å². The zero-order valence-electron chi connectivity index (χ0n) is 9.44. The van der Waals surface area contributed by atoms with Crippen LogP contribution in [-0.4, -0.2) is 18.4 Å².